The lowest BCUT2D eigenvalue weighted by Gasteiger charge is -2.09. The van der Waals surface area contributed by atoms with Crippen LogP contribution in [0.3, 0.4) is 0 Å². The Balaban J connectivity index is 2.13. The Labute approximate surface area is 110 Å². The zero-order chi connectivity index (χ0) is 12.7. The summed E-state index contributed by atoms with van der Waals surface area (Å²) in [6, 6.07) is 5.18. The van der Waals surface area contributed by atoms with Gasteiger partial charge in [-0.1, -0.05) is 0 Å². The van der Waals surface area contributed by atoms with Crippen LogP contribution in [0, 0.1) is 12.7 Å². The van der Waals surface area contributed by atoms with E-state index in [0.29, 0.717) is 11.9 Å². The topological polar surface area (TPSA) is 30.7 Å². The van der Waals surface area contributed by atoms with E-state index in [1.165, 1.54) is 12.1 Å². The molecule has 3 rings (SSSR count). The minimum atomic E-state index is -0.230. The molecule has 18 heavy (non-hydrogen) atoms. The van der Waals surface area contributed by atoms with Crippen LogP contribution < -0.4 is 0 Å². The van der Waals surface area contributed by atoms with Gasteiger partial charge in [-0.25, -0.2) is 4.39 Å². The van der Waals surface area contributed by atoms with Crippen molar-refractivity contribution >= 4 is 11.6 Å². The van der Waals surface area contributed by atoms with Gasteiger partial charge in [0.2, 0.25) is 0 Å². The maximum atomic E-state index is 13.1. The second-order valence-electron chi connectivity index (χ2n) is 4.63. The van der Waals surface area contributed by atoms with E-state index in [1.807, 2.05) is 6.92 Å². The zero-order valence-corrected chi connectivity index (χ0v) is 10.8. The highest BCUT2D eigenvalue weighted by Crippen LogP contribution is 2.39. The summed E-state index contributed by atoms with van der Waals surface area (Å²) in [6.45, 7) is 1.88. The van der Waals surface area contributed by atoms with Crippen LogP contribution in [0.2, 0.25) is 0 Å². The second-order valence-corrected chi connectivity index (χ2v) is 4.90. The molecule has 1 aliphatic carbocycles. The Morgan fingerprint density at radius 1 is 1.39 bits per heavy atom. The van der Waals surface area contributed by atoms with E-state index in [4.69, 9.17) is 11.6 Å². The number of halogens is 2. The molecule has 1 saturated carbocycles. The molecule has 0 atom stereocenters. The number of hydrogen-bond acceptors (Lipinski definition) is 2. The Kier molecular flexibility index (Phi) is 2.82. The molecule has 0 radical (unpaired) electrons. The average Bonchev–Trinajstić information content (AvgIpc) is 3.09. The van der Waals surface area contributed by atoms with Crippen molar-refractivity contribution in [2.45, 2.75) is 31.7 Å². The summed E-state index contributed by atoms with van der Waals surface area (Å²) in [7, 11) is 0. The number of nitrogens with zero attached hydrogens (tertiary/aromatic N) is 3. The minimum absolute atomic E-state index is 0.230. The monoisotopic (exact) mass is 265 g/mol. The molecule has 0 bridgehead atoms. The lowest BCUT2D eigenvalue weighted by atomic mass is 10.1. The Bertz CT molecular complexity index is 590. The fourth-order valence-electron chi connectivity index (χ4n) is 2.19. The second kappa shape index (κ2) is 4.35. The summed E-state index contributed by atoms with van der Waals surface area (Å²) >= 11 is 5.89. The summed E-state index contributed by atoms with van der Waals surface area (Å²) in [5.74, 6) is 1.71. The third-order valence-corrected chi connectivity index (χ3v) is 3.47. The first-order valence-corrected chi connectivity index (χ1v) is 6.50. The fraction of sp³-hybridized carbons (Fsp3) is 0.385. The van der Waals surface area contributed by atoms with E-state index in [-0.39, 0.29) is 5.82 Å². The molecule has 5 heteroatoms. The van der Waals surface area contributed by atoms with Gasteiger partial charge in [0.15, 0.2) is 5.82 Å². The summed E-state index contributed by atoms with van der Waals surface area (Å²) in [6.07, 6.45) is 2.27. The molecular formula is C13H13ClFN3. The number of benzene rings is 1. The van der Waals surface area contributed by atoms with E-state index in [0.717, 1.165) is 35.6 Å². The van der Waals surface area contributed by atoms with Crippen LogP contribution in [-0.4, -0.2) is 14.8 Å². The summed E-state index contributed by atoms with van der Waals surface area (Å²) in [5.41, 5.74) is 1.79. The predicted octanol–water partition coefficient (Wildman–Crippen LogP) is 3.47. The van der Waals surface area contributed by atoms with Crippen LogP contribution in [0.25, 0.3) is 11.4 Å². The van der Waals surface area contributed by atoms with Gasteiger partial charge < -0.3 is 4.57 Å². The number of hydrogen-bond donors (Lipinski definition) is 0. The van der Waals surface area contributed by atoms with Crippen molar-refractivity contribution in [3.05, 3.63) is 35.4 Å². The van der Waals surface area contributed by atoms with Gasteiger partial charge in [-0.05, 0) is 43.5 Å². The Morgan fingerprint density at radius 2 is 2.17 bits per heavy atom. The maximum absolute atomic E-state index is 13.1. The van der Waals surface area contributed by atoms with Gasteiger partial charge in [0.25, 0.3) is 0 Å². The van der Waals surface area contributed by atoms with Crippen molar-refractivity contribution in [3.8, 4) is 11.4 Å². The van der Waals surface area contributed by atoms with Crippen molar-refractivity contribution < 1.29 is 4.39 Å². The number of aromatic nitrogens is 3. The van der Waals surface area contributed by atoms with Gasteiger partial charge in [0.05, 0.1) is 5.88 Å². The molecule has 0 aliphatic heterocycles. The standard InChI is InChI=1S/C13H13ClFN3/c1-8-6-9(15)2-5-11(8)13-17-16-12(7-14)18(13)10-3-4-10/h2,5-6,10H,3-4,7H2,1H3. The third kappa shape index (κ3) is 1.90. The summed E-state index contributed by atoms with van der Waals surface area (Å²) < 4.78 is 15.2. The van der Waals surface area contributed by atoms with Crippen molar-refractivity contribution in [1.82, 2.24) is 14.8 Å². The van der Waals surface area contributed by atoms with E-state index < -0.39 is 0 Å². The van der Waals surface area contributed by atoms with Crippen LogP contribution in [0.4, 0.5) is 4.39 Å². The molecule has 1 heterocycles. The number of rotatable bonds is 3. The van der Waals surface area contributed by atoms with Crippen molar-refractivity contribution in [3.63, 3.8) is 0 Å². The number of alkyl halides is 1. The van der Waals surface area contributed by atoms with Crippen molar-refractivity contribution in [2.75, 3.05) is 0 Å². The molecule has 1 aliphatic rings. The van der Waals surface area contributed by atoms with Crippen molar-refractivity contribution in [1.29, 1.82) is 0 Å². The van der Waals surface area contributed by atoms with Crippen LogP contribution in [-0.2, 0) is 5.88 Å². The highest BCUT2D eigenvalue weighted by molar-refractivity contribution is 6.16. The van der Waals surface area contributed by atoms with E-state index in [9.17, 15) is 4.39 Å². The average molecular weight is 266 g/mol. The van der Waals surface area contributed by atoms with Crippen LogP contribution in [0.15, 0.2) is 18.2 Å². The first kappa shape index (κ1) is 11.7. The highest BCUT2D eigenvalue weighted by Gasteiger charge is 2.29. The fourth-order valence-corrected chi connectivity index (χ4v) is 2.38. The van der Waals surface area contributed by atoms with E-state index >= 15 is 0 Å². The molecule has 0 N–H and O–H groups in total. The van der Waals surface area contributed by atoms with Gasteiger partial charge >= 0.3 is 0 Å². The van der Waals surface area contributed by atoms with Crippen molar-refractivity contribution in [2.24, 2.45) is 0 Å². The molecule has 1 fully saturated rings. The Hall–Kier alpha value is -1.42. The van der Waals surface area contributed by atoms with Crippen LogP contribution in [0.1, 0.15) is 30.3 Å². The lowest BCUT2D eigenvalue weighted by Crippen LogP contribution is -2.02. The summed E-state index contributed by atoms with van der Waals surface area (Å²) in [5, 5.41) is 8.34. The van der Waals surface area contributed by atoms with Crippen LogP contribution in [0.5, 0.6) is 0 Å². The molecule has 0 unspecified atom stereocenters. The van der Waals surface area contributed by atoms with Gasteiger partial charge in [-0.3, -0.25) is 0 Å². The normalized spacial score (nSPS) is 15.1. The molecule has 94 valence electrons. The van der Waals surface area contributed by atoms with Gasteiger partial charge in [0.1, 0.15) is 11.6 Å². The molecule has 0 spiro atoms. The largest absolute Gasteiger partial charge is 0.307 e. The molecule has 0 saturated heterocycles. The predicted molar refractivity (Wildman–Crippen MR) is 68.0 cm³/mol. The third-order valence-electron chi connectivity index (χ3n) is 3.23. The summed E-state index contributed by atoms with van der Waals surface area (Å²) in [4.78, 5) is 0. The SMILES string of the molecule is Cc1cc(F)ccc1-c1nnc(CCl)n1C1CC1. The van der Waals surface area contributed by atoms with Gasteiger partial charge in [-0.2, -0.15) is 0 Å². The molecule has 1 aromatic carbocycles. The highest BCUT2D eigenvalue weighted by atomic mass is 35.5. The van der Waals surface area contributed by atoms with Gasteiger partial charge in [0, 0.05) is 11.6 Å². The first-order chi connectivity index (χ1) is 8.70. The van der Waals surface area contributed by atoms with Gasteiger partial charge in [-0.15, -0.1) is 21.8 Å². The number of aryl methyl sites for hydroxylation is 1. The molecule has 2 aromatic rings. The lowest BCUT2D eigenvalue weighted by molar-refractivity contribution is 0.626. The first-order valence-electron chi connectivity index (χ1n) is 5.97. The van der Waals surface area contributed by atoms with Crippen LogP contribution >= 0.6 is 11.6 Å². The van der Waals surface area contributed by atoms with E-state index in [2.05, 4.69) is 14.8 Å². The molecular weight excluding hydrogens is 253 g/mol. The molecule has 0 amide bonds. The minimum Gasteiger partial charge on any atom is -0.307 e. The quantitative estimate of drug-likeness (QED) is 0.796. The molecule has 1 aromatic heterocycles. The Morgan fingerprint density at radius 3 is 2.78 bits per heavy atom. The molecule has 3 nitrogen and oxygen atoms in total. The zero-order valence-electron chi connectivity index (χ0n) is 10.0. The maximum Gasteiger partial charge on any atom is 0.164 e. The smallest absolute Gasteiger partial charge is 0.164 e. The van der Waals surface area contributed by atoms with E-state index in [1.54, 1.807) is 6.07 Å².